The molecule has 2 amide bonds. The largest absolute Gasteiger partial charge is 0.481 e. The molecule has 4 N–H and O–H groups in total. The summed E-state index contributed by atoms with van der Waals surface area (Å²) in [4.78, 5) is 41.0. The van der Waals surface area contributed by atoms with E-state index in [2.05, 4.69) is 69.0 Å². The van der Waals surface area contributed by atoms with Crippen LogP contribution in [0.5, 0.6) is 0 Å². The predicted octanol–water partition coefficient (Wildman–Crippen LogP) is 6.86. The third-order valence-electron chi connectivity index (χ3n) is 11.6. The molecule has 0 bridgehead atoms. The van der Waals surface area contributed by atoms with Crippen LogP contribution in [0.3, 0.4) is 0 Å². The van der Waals surface area contributed by atoms with Gasteiger partial charge in [0.25, 0.3) is 0 Å². The highest BCUT2D eigenvalue weighted by Crippen LogP contribution is 2.40. The number of carboxylic acid groups (broad SMARTS) is 1. The molecule has 4 aromatic rings. The number of carboxylic acids is 1. The third-order valence-corrected chi connectivity index (χ3v) is 11.6. The zero-order valence-electron chi connectivity index (χ0n) is 32.5. The lowest BCUT2D eigenvalue weighted by Gasteiger charge is -2.45. The number of unbranched alkanes of at least 4 members (excludes halogenated alkanes) is 3. The minimum absolute atomic E-state index is 0.00320. The molecule has 4 aromatic carbocycles. The van der Waals surface area contributed by atoms with E-state index in [0.29, 0.717) is 32.5 Å². The summed E-state index contributed by atoms with van der Waals surface area (Å²) in [5.41, 5.74) is 6.43. The second-order valence-corrected chi connectivity index (χ2v) is 15.5. The Morgan fingerprint density at radius 1 is 0.789 bits per heavy atom. The highest BCUT2D eigenvalue weighted by molar-refractivity contribution is 5.93. The van der Waals surface area contributed by atoms with Gasteiger partial charge in [0, 0.05) is 56.7 Å². The van der Waals surface area contributed by atoms with E-state index in [1.165, 1.54) is 0 Å². The smallest absolute Gasteiger partial charge is 0.303 e. The van der Waals surface area contributed by atoms with Gasteiger partial charge in [0.15, 0.2) is 6.29 Å². The number of nitrogens with one attached hydrogen (secondary N) is 2. The number of para-hydroxylation sites is 1. The molecule has 3 aliphatic rings. The Balaban J connectivity index is 0.982. The van der Waals surface area contributed by atoms with E-state index in [-0.39, 0.29) is 37.0 Å². The third kappa shape index (κ3) is 10.1. The van der Waals surface area contributed by atoms with Crippen molar-refractivity contribution in [3.63, 3.8) is 0 Å². The Hall–Kier alpha value is -5.07. The minimum atomic E-state index is -0.778. The van der Waals surface area contributed by atoms with Crippen molar-refractivity contribution >= 4 is 23.5 Å². The molecule has 11 heteroatoms. The number of carbonyl (C=O) groups excluding carboxylic acids is 2. The summed E-state index contributed by atoms with van der Waals surface area (Å²) in [6.45, 7) is 3.23. The number of aliphatic hydroxyl groups is 1. The van der Waals surface area contributed by atoms with Gasteiger partial charge in [-0.25, -0.2) is 0 Å². The summed E-state index contributed by atoms with van der Waals surface area (Å²) in [7, 11) is 0. The van der Waals surface area contributed by atoms with E-state index in [4.69, 9.17) is 14.6 Å². The van der Waals surface area contributed by atoms with Gasteiger partial charge in [-0.2, -0.15) is 0 Å². The maximum atomic E-state index is 13.3. The number of amides is 2. The topological polar surface area (TPSA) is 141 Å². The van der Waals surface area contributed by atoms with Crippen LogP contribution in [0.15, 0.2) is 103 Å². The maximum Gasteiger partial charge on any atom is 0.303 e. The Morgan fingerprint density at radius 3 is 2.23 bits per heavy atom. The minimum Gasteiger partial charge on any atom is -0.481 e. The summed E-state index contributed by atoms with van der Waals surface area (Å²) in [6.07, 6.45) is 4.93. The van der Waals surface area contributed by atoms with Crippen molar-refractivity contribution in [2.75, 3.05) is 31.2 Å². The van der Waals surface area contributed by atoms with Gasteiger partial charge in [-0.1, -0.05) is 97.8 Å². The number of benzene rings is 4. The molecule has 0 aromatic heterocycles. The van der Waals surface area contributed by atoms with Crippen LogP contribution >= 0.6 is 0 Å². The molecule has 300 valence electrons. The van der Waals surface area contributed by atoms with E-state index in [0.717, 1.165) is 90.8 Å². The fourth-order valence-corrected chi connectivity index (χ4v) is 8.36. The molecular formula is C46H54N4O7. The van der Waals surface area contributed by atoms with E-state index >= 15 is 0 Å². The van der Waals surface area contributed by atoms with Crippen molar-refractivity contribution in [1.82, 2.24) is 15.5 Å². The number of likely N-dealkylation sites (tertiary alicyclic amines) is 1. The van der Waals surface area contributed by atoms with Crippen molar-refractivity contribution < 1.29 is 34.1 Å². The van der Waals surface area contributed by atoms with Crippen molar-refractivity contribution in [2.45, 2.75) is 95.0 Å². The van der Waals surface area contributed by atoms with Gasteiger partial charge in [0.05, 0.1) is 25.5 Å². The molecule has 0 unspecified atom stereocenters. The average molecular weight is 775 g/mol. The second-order valence-electron chi connectivity index (χ2n) is 15.5. The standard InChI is InChI=1S/C46H54N4O7/c51-31-33-15-17-36(18-16-33)41-28-40(30-49-25-23-46(24-26-49)45(55)48-32-50(46)39-11-4-3-5-12-39)56-44(57-41)37-21-19-35(20-22-37)38-10-8-9-34(27-38)29-47-42(52)13-6-1-2-7-14-43(53)54/h3-5,8-12,15-22,27,40-41,44,51H,1-2,6-7,13-14,23-26,28-32H2,(H,47,52)(H,48,55)(H,53,54)/t40-,41+,44+/m1/s1. The Labute approximate surface area is 335 Å². The first kappa shape index (κ1) is 40.1. The highest BCUT2D eigenvalue weighted by atomic mass is 16.7. The fraction of sp³-hybridized carbons (Fsp3) is 0.413. The van der Waals surface area contributed by atoms with E-state index < -0.39 is 17.8 Å². The Bertz CT molecular complexity index is 1950. The van der Waals surface area contributed by atoms with Crippen LogP contribution in [-0.4, -0.2) is 70.8 Å². The van der Waals surface area contributed by atoms with Crippen LogP contribution < -0.4 is 15.5 Å². The average Bonchev–Trinajstić information content (AvgIpc) is 3.56. The van der Waals surface area contributed by atoms with Crippen molar-refractivity contribution in [3.05, 3.63) is 125 Å². The summed E-state index contributed by atoms with van der Waals surface area (Å²) in [6, 6.07) is 34.5. The molecule has 3 saturated heterocycles. The van der Waals surface area contributed by atoms with Gasteiger partial charge in [-0.3, -0.25) is 14.4 Å². The Morgan fingerprint density at radius 2 is 1.51 bits per heavy atom. The number of aliphatic hydroxyl groups excluding tert-OH is 1. The van der Waals surface area contributed by atoms with Gasteiger partial charge in [-0.15, -0.1) is 0 Å². The quantitative estimate of drug-likeness (QED) is 0.0900. The lowest BCUT2D eigenvalue weighted by molar-refractivity contribution is -0.253. The number of aliphatic carboxylic acids is 1. The molecule has 11 nitrogen and oxygen atoms in total. The van der Waals surface area contributed by atoms with Crippen LogP contribution in [0.4, 0.5) is 5.69 Å². The molecule has 3 atom stereocenters. The van der Waals surface area contributed by atoms with Gasteiger partial charge in [-0.05, 0) is 71.7 Å². The molecule has 7 rings (SSSR count). The normalized spacial score (nSPS) is 20.7. The van der Waals surface area contributed by atoms with Crippen molar-refractivity contribution in [3.8, 4) is 11.1 Å². The Kier molecular flexibility index (Phi) is 13.3. The van der Waals surface area contributed by atoms with Crippen LogP contribution in [-0.2, 0) is 37.0 Å². The zero-order valence-corrected chi connectivity index (χ0v) is 32.5. The van der Waals surface area contributed by atoms with E-state index in [1.807, 2.05) is 54.6 Å². The van der Waals surface area contributed by atoms with Crippen LogP contribution in [0.25, 0.3) is 11.1 Å². The summed E-state index contributed by atoms with van der Waals surface area (Å²) >= 11 is 0. The lowest BCUT2D eigenvalue weighted by Crippen LogP contribution is -2.57. The molecule has 3 heterocycles. The van der Waals surface area contributed by atoms with Crippen molar-refractivity contribution in [1.29, 1.82) is 0 Å². The first-order valence-corrected chi connectivity index (χ1v) is 20.3. The van der Waals surface area contributed by atoms with Gasteiger partial charge < -0.3 is 40.1 Å². The molecule has 0 aliphatic carbocycles. The second kappa shape index (κ2) is 18.9. The fourth-order valence-electron chi connectivity index (χ4n) is 8.36. The summed E-state index contributed by atoms with van der Waals surface area (Å²) < 4.78 is 13.4. The number of rotatable bonds is 16. The van der Waals surface area contributed by atoms with Crippen LogP contribution in [0.2, 0.25) is 0 Å². The van der Waals surface area contributed by atoms with Gasteiger partial charge >= 0.3 is 5.97 Å². The maximum absolute atomic E-state index is 13.3. The summed E-state index contributed by atoms with van der Waals surface area (Å²) in [5, 5.41) is 24.5. The number of anilines is 1. The molecule has 0 radical (unpaired) electrons. The van der Waals surface area contributed by atoms with Crippen LogP contribution in [0.1, 0.15) is 92.4 Å². The number of hydrogen-bond donors (Lipinski definition) is 4. The number of piperidine rings is 1. The SMILES string of the molecule is O=C(O)CCCCCCC(=O)NCc1cccc(-c2ccc([C@H]3O[C@@H](CN4CCC5(CC4)C(=O)NCN5c4ccccc4)C[C@@H](c4ccc(CO)cc4)O3)cc2)c1. The zero-order chi connectivity index (χ0) is 39.6. The number of nitrogens with zero attached hydrogens (tertiary/aromatic N) is 2. The molecular weight excluding hydrogens is 721 g/mol. The van der Waals surface area contributed by atoms with Crippen LogP contribution in [0, 0.1) is 0 Å². The predicted molar refractivity (Wildman–Crippen MR) is 218 cm³/mol. The molecule has 57 heavy (non-hydrogen) atoms. The molecule has 0 saturated carbocycles. The lowest BCUT2D eigenvalue weighted by atomic mass is 9.85. The summed E-state index contributed by atoms with van der Waals surface area (Å²) in [5.74, 6) is -0.673. The number of carbonyl (C=O) groups is 3. The van der Waals surface area contributed by atoms with E-state index in [9.17, 15) is 19.5 Å². The molecule has 1 spiro atoms. The van der Waals surface area contributed by atoms with E-state index in [1.54, 1.807) is 0 Å². The number of ether oxygens (including phenoxy) is 2. The highest BCUT2D eigenvalue weighted by Gasteiger charge is 2.50. The van der Waals surface area contributed by atoms with Gasteiger partial charge in [0.2, 0.25) is 11.8 Å². The first-order valence-electron chi connectivity index (χ1n) is 20.3. The number of hydrogen-bond acceptors (Lipinski definition) is 8. The molecule has 3 fully saturated rings. The molecule has 3 aliphatic heterocycles. The van der Waals surface area contributed by atoms with Crippen molar-refractivity contribution in [2.24, 2.45) is 0 Å². The monoisotopic (exact) mass is 774 g/mol. The van der Waals surface area contributed by atoms with Gasteiger partial charge in [0.1, 0.15) is 5.54 Å². The first-order chi connectivity index (χ1) is 27.8.